The standard InChI is InChI=1S/C19H18F3N5O2/c1-11-14(10-29-2)18-23-5-3-16(28)27(18)25-17(11)26-6-4-15-12(9-26)7-13(8-24-15)19(20,21)22/h3,5,7-8H,4,6,9-10H2,1-2H3. The topological polar surface area (TPSA) is 72.6 Å². The number of aromatic nitrogens is 4. The van der Waals surface area contributed by atoms with E-state index in [-0.39, 0.29) is 18.7 Å². The maximum absolute atomic E-state index is 13.1. The molecule has 0 spiro atoms. The number of fused-ring (bicyclic) bond motifs is 2. The van der Waals surface area contributed by atoms with Crippen molar-refractivity contribution in [1.29, 1.82) is 0 Å². The predicted molar refractivity (Wildman–Crippen MR) is 98.7 cm³/mol. The summed E-state index contributed by atoms with van der Waals surface area (Å²) in [5, 5.41) is 4.45. The van der Waals surface area contributed by atoms with Crippen LogP contribution in [0, 0.1) is 6.92 Å². The molecule has 7 nitrogen and oxygen atoms in total. The number of ether oxygens (including phenoxy) is 1. The summed E-state index contributed by atoms with van der Waals surface area (Å²) >= 11 is 0. The number of methoxy groups -OCH3 is 1. The molecular formula is C19H18F3N5O2. The Morgan fingerprint density at radius 2 is 2.07 bits per heavy atom. The van der Waals surface area contributed by atoms with Gasteiger partial charge in [0.25, 0.3) is 5.56 Å². The van der Waals surface area contributed by atoms with Crippen molar-refractivity contribution in [2.45, 2.75) is 32.7 Å². The van der Waals surface area contributed by atoms with Crippen LogP contribution in [0.15, 0.2) is 29.3 Å². The van der Waals surface area contributed by atoms with Crippen LogP contribution in [0.4, 0.5) is 19.0 Å². The molecular weight excluding hydrogens is 387 g/mol. The average Bonchev–Trinajstić information content (AvgIpc) is 2.69. The Morgan fingerprint density at radius 1 is 1.28 bits per heavy atom. The molecule has 0 aromatic carbocycles. The van der Waals surface area contributed by atoms with Gasteiger partial charge in [-0.15, -0.1) is 5.10 Å². The van der Waals surface area contributed by atoms with Gasteiger partial charge in [0.1, 0.15) is 0 Å². The Balaban J connectivity index is 1.81. The van der Waals surface area contributed by atoms with Gasteiger partial charge in [0.05, 0.1) is 12.2 Å². The average molecular weight is 405 g/mol. The maximum Gasteiger partial charge on any atom is 0.417 e. The summed E-state index contributed by atoms with van der Waals surface area (Å²) in [5.41, 5.74) is 1.91. The maximum atomic E-state index is 13.1. The second-order valence-corrected chi connectivity index (χ2v) is 6.88. The van der Waals surface area contributed by atoms with E-state index >= 15 is 0 Å². The summed E-state index contributed by atoms with van der Waals surface area (Å²) in [6.07, 6.45) is -1.69. The van der Waals surface area contributed by atoms with E-state index in [1.54, 1.807) is 7.11 Å². The zero-order valence-corrected chi connectivity index (χ0v) is 15.8. The third kappa shape index (κ3) is 3.44. The van der Waals surface area contributed by atoms with Crippen LogP contribution in [0.5, 0.6) is 0 Å². The zero-order valence-electron chi connectivity index (χ0n) is 15.8. The first-order valence-corrected chi connectivity index (χ1v) is 8.96. The molecule has 1 aliphatic heterocycles. The summed E-state index contributed by atoms with van der Waals surface area (Å²) < 4.78 is 45.7. The minimum absolute atomic E-state index is 0.215. The smallest absolute Gasteiger partial charge is 0.380 e. The molecule has 4 rings (SSSR count). The van der Waals surface area contributed by atoms with Crippen molar-refractivity contribution in [3.05, 3.63) is 62.8 Å². The van der Waals surface area contributed by atoms with Gasteiger partial charge in [-0.3, -0.25) is 9.78 Å². The van der Waals surface area contributed by atoms with Gasteiger partial charge in [-0.2, -0.15) is 17.7 Å². The summed E-state index contributed by atoms with van der Waals surface area (Å²) in [6.45, 7) is 2.81. The number of anilines is 1. The van der Waals surface area contributed by atoms with E-state index in [1.807, 2.05) is 11.8 Å². The van der Waals surface area contributed by atoms with E-state index in [0.717, 1.165) is 17.8 Å². The van der Waals surface area contributed by atoms with Gasteiger partial charge < -0.3 is 9.64 Å². The first kappa shape index (κ1) is 19.3. The van der Waals surface area contributed by atoms with E-state index in [1.165, 1.54) is 16.8 Å². The zero-order chi connectivity index (χ0) is 20.8. The Morgan fingerprint density at radius 3 is 2.79 bits per heavy atom. The molecule has 10 heteroatoms. The van der Waals surface area contributed by atoms with Crippen LogP contribution in [0.25, 0.3) is 5.65 Å². The molecule has 0 saturated heterocycles. The second kappa shape index (κ2) is 7.11. The summed E-state index contributed by atoms with van der Waals surface area (Å²) in [5.74, 6) is 0.516. The van der Waals surface area contributed by atoms with Gasteiger partial charge in [0.15, 0.2) is 11.5 Å². The van der Waals surface area contributed by atoms with Crippen molar-refractivity contribution in [2.24, 2.45) is 0 Å². The third-order valence-electron chi connectivity index (χ3n) is 5.03. The normalized spacial score (nSPS) is 14.3. The summed E-state index contributed by atoms with van der Waals surface area (Å²) in [6, 6.07) is 2.44. The van der Waals surface area contributed by atoms with E-state index in [2.05, 4.69) is 15.1 Å². The van der Waals surface area contributed by atoms with Crippen molar-refractivity contribution in [2.75, 3.05) is 18.6 Å². The Labute approximate surface area is 163 Å². The molecule has 0 fully saturated rings. The molecule has 3 aromatic heterocycles. The Kier molecular flexibility index (Phi) is 4.73. The first-order chi connectivity index (χ1) is 13.8. The number of hydrogen-bond donors (Lipinski definition) is 0. The minimum atomic E-state index is -4.45. The number of pyridine rings is 1. The number of halogens is 3. The monoisotopic (exact) mass is 405 g/mol. The van der Waals surface area contributed by atoms with Crippen molar-refractivity contribution >= 4 is 11.5 Å². The highest BCUT2D eigenvalue weighted by atomic mass is 19.4. The van der Waals surface area contributed by atoms with E-state index in [9.17, 15) is 18.0 Å². The van der Waals surface area contributed by atoms with E-state index in [0.29, 0.717) is 41.3 Å². The SMILES string of the molecule is COCc1c(C)c(N2CCc3ncc(C(F)(F)F)cc3C2)nn2c(=O)ccnc12. The number of hydrogen-bond acceptors (Lipinski definition) is 6. The van der Waals surface area contributed by atoms with Crippen LogP contribution < -0.4 is 10.5 Å². The number of nitrogens with zero attached hydrogens (tertiary/aromatic N) is 5. The van der Waals surface area contributed by atoms with Crippen molar-refractivity contribution in [1.82, 2.24) is 19.6 Å². The Bertz CT molecular complexity index is 1140. The second-order valence-electron chi connectivity index (χ2n) is 6.88. The third-order valence-corrected chi connectivity index (χ3v) is 5.03. The van der Waals surface area contributed by atoms with Crippen LogP contribution in [-0.4, -0.2) is 33.2 Å². The van der Waals surface area contributed by atoms with Crippen LogP contribution >= 0.6 is 0 Å². The van der Waals surface area contributed by atoms with Gasteiger partial charge in [-0.1, -0.05) is 0 Å². The quantitative estimate of drug-likeness (QED) is 0.667. The molecule has 0 radical (unpaired) electrons. The fourth-order valence-corrected chi connectivity index (χ4v) is 3.56. The molecule has 29 heavy (non-hydrogen) atoms. The lowest BCUT2D eigenvalue weighted by molar-refractivity contribution is -0.137. The van der Waals surface area contributed by atoms with Crippen LogP contribution in [0.2, 0.25) is 0 Å². The first-order valence-electron chi connectivity index (χ1n) is 8.96. The molecule has 0 atom stereocenters. The molecule has 0 aliphatic carbocycles. The molecule has 3 aromatic rings. The van der Waals surface area contributed by atoms with Crippen LogP contribution in [-0.2, 0) is 30.5 Å². The lowest BCUT2D eigenvalue weighted by Crippen LogP contribution is -2.34. The predicted octanol–water partition coefficient (Wildman–Crippen LogP) is 2.52. The minimum Gasteiger partial charge on any atom is -0.380 e. The fourth-order valence-electron chi connectivity index (χ4n) is 3.56. The summed E-state index contributed by atoms with van der Waals surface area (Å²) in [4.78, 5) is 22.4. The Hall–Kier alpha value is -3.01. The number of alkyl halides is 3. The van der Waals surface area contributed by atoms with Gasteiger partial charge in [-0.05, 0) is 18.6 Å². The molecule has 152 valence electrons. The van der Waals surface area contributed by atoms with Crippen LogP contribution in [0.3, 0.4) is 0 Å². The molecule has 4 heterocycles. The van der Waals surface area contributed by atoms with Crippen molar-refractivity contribution in [3.63, 3.8) is 0 Å². The largest absolute Gasteiger partial charge is 0.417 e. The van der Waals surface area contributed by atoms with E-state index < -0.39 is 11.7 Å². The van der Waals surface area contributed by atoms with Crippen LogP contribution in [0.1, 0.15) is 27.9 Å². The molecule has 0 bridgehead atoms. The van der Waals surface area contributed by atoms with E-state index in [4.69, 9.17) is 4.74 Å². The van der Waals surface area contributed by atoms with Crippen molar-refractivity contribution < 1.29 is 17.9 Å². The van der Waals surface area contributed by atoms with Gasteiger partial charge in [0.2, 0.25) is 0 Å². The lowest BCUT2D eigenvalue weighted by atomic mass is 10.0. The molecule has 0 amide bonds. The van der Waals surface area contributed by atoms with Gasteiger partial charge in [0, 0.05) is 61.9 Å². The van der Waals surface area contributed by atoms with Gasteiger partial charge in [-0.25, -0.2) is 4.98 Å². The number of rotatable bonds is 3. The van der Waals surface area contributed by atoms with Crippen molar-refractivity contribution in [3.8, 4) is 0 Å². The highest BCUT2D eigenvalue weighted by Gasteiger charge is 2.33. The molecule has 0 saturated carbocycles. The molecule has 0 N–H and O–H groups in total. The highest BCUT2D eigenvalue weighted by molar-refractivity contribution is 5.60. The lowest BCUT2D eigenvalue weighted by Gasteiger charge is -2.31. The molecule has 0 unspecified atom stereocenters. The highest BCUT2D eigenvalue weighted by Crippen LogP contribution is 2.32. The fraction of sp³-hybridized carbons (Fsp3) is 0.368. The summed E-state index contributed by atoms with van der Waals surface area (Å²) in [7, 11) is 1.54. The molecule has 1 aliphatic rings. The van der Waals surface area contributed by atoms with Gasteiger partial charge >= 0.3 is 6.18 Å².